The third kappa shape index (κ3) is 0.504. The Morgan fingerprint density at radius 2 is 2.00 bits per heavy atom. The molecule has 12 heavy (non-hydrogen) atoms. The van der Waals surface area contributed by atoms with Crippen molar-refractivity contribution in [2.75, 3.05) is 0 Å². The van der Waals surface area contributed by atoms with Gasteiger partial charge in [0.1, 0.15) is 0 Å². The van der Waals surface area contributed by atoms with E-state index in [-0.39, 0.29) is 5.16 Å². The van der Waals surface area contributed by atoms with Gasteiger partial charge >= 0.3 is 10.0 Å². The largest absolute Gasteiger partial charge is 0.305 e. The maximum atomic E-state index is 11.0. The van der Waals surface area contributed by atoms with Crippen LogP contribution in [0.25, 0.3) is 11.0 Å². The van der Waals surface area contributed by atoms with Crippen molar-refractivity contribution in [2.24, 2.45) is 0 Å². The van der Waals surface area contributed by atoms with E-state index < -0.39 is 10.0 Å². The summed E-state index contributed by atoms with van der Waals surface area (Å²) in [5.41, 5.74) is 1.41. The van der Waals surface area contributed by atoms with Gasteiger partial charge in [-0.3, -0.25) is 0 Å². The van der Waals surface area contributed by atoms with Gasteiger partial charge in [-0.2, -0.15) is 8.42 Å². The van der Waals surface area contributed by atoms with Gasteiger partial charge in [0.25, 0.3) is 5.16 Å². The fourth-order valence-corrected chi connectivity index (χ4v) is 2.60. The van der Waals surface area contributed by atoms with Crippen LogP contribution in [0.2, 0.25) is 0 Å². The average molecular weight is 180 g/mol. The molecular weight excluding hydrogens is 176 g/mol. The van der Waals surface area contributed by atoms with E-state index in [9.17, 15) is 8.42 Å². The zero-order valence-electron chi connectivity index (χ0n) is 5.93. The Bertz CT molecular complexity index is 582. The van der Waals surface area contributed by atoms with Crippen LogP contribution >= 0.6 is 0 Å². The zero-order valence-corrected chi connectivity index (χ0v) is 6.75. The van der Waals surface area contributed by atoms with Gasteiger partial charge in [0.15, 0.2) is 0 Å². The summed E-state index contributed by atoms with van der Waals surface area (Å²) >= 11 is 0. The van der Waals surface area contributed by atoms with Crippen LogP contribution in [0.3, 0.4) is 0 Å². The molecule has 0 unspecified atom stereocenters. The first kappa shape index (κ1) is 6.19. The minimum atomic E-state index is -3.13. The number of imidazole rings is 1. The van der Waals surface area contributed by atoms with Gasteiger partial charge in [-0.1, -0.05) is 12.1 Å². The minimum absolute atomic E-state index is 0.184. The van der Waals surface area contributed by atoms with Crippen LogP contribution < -0.4 is 0 Å². The SMILES string of the molecule is O=S1(=O)c2nc3ccccc3n21. The summed E-state index contributed by atoms with van der Waals surface area (Å²) in [7, 11) is -3.13. The first-order valence-electron chi connectivity index (χ1n) is 3.44. The smallest absolute Gasteiger partial charge is 0.216 e. The standard InChI is InChI=1S/C7H4N2O2S/c10-12(11)7-8-5-3-1-2-4-6(5)9(7)12/h1-4H. The van der Waals surface area contributed by atoms with Crippen molar-refractivity contribution in [3.8, 4) is 0 Å². The van der Waals surface area contributed by atoms with E-state index in [1.165, 1.54) is 3.97 Å². The second kappa shape index (κ2) is 1.54. The van der Waals surface area contributed by atoms with Gasteiger partial charge in [0, 0.05) is 0 Å². The van der Waals surface area contributed by atoms with Crippen molar-refractivity contribution in [1.29, 1.82) is 0 Å². The molecule has 1 aliphatic rings. The normalized spacial score (nSPS) is 17.7. The number of rotatable bonds is 0. The van der Waals surface area contributed by atoms with Gasteiger partial charge in [0.05, 0.1) is 11.0 Å². The van der Waals surface area contributed by atoms with Crippen molar-refractivity contribution in [1.82, 2.24) is 8.96 Å². The van der Waals surface area contributed by atoms with Crippen molar-refractivity contribution < 1.29 is 8.42 Å². The summed E-state index contributed by atoms with van der Waals surface area (Å²) in [5.74, 6) is 0. The Morgan fingerprint density at radius 3 is 2.83 bits per heavy atom. The van der Waals surface area contributed by atoms with Gasteiger partial charge in [0.2, 0.25) is 0 Å². The lowest BCUT2D eigenvalue weighted by atomic mass is 10.3. The Balaban J connectivity index is 2.57. The van der Waals surface area contributed by atoms with E-state index in [0.29, 0.717) is 5.52 Å². The zero-order chi connectivity index (χ0) is 8.34. The van der Waals surface area contributed by atoms with Crippen molar-refractivity contribution in [3.05, 3.63) is 24.3 Å². The van der Waals surface area contributed by atoms with E-state index in [0.717, 1.165) is 5.52 Å². The van der Waals surface area contributed by atoms with Crippen LogP contribution in [0.15, 0.2) is 29.4 Å². The monoisotopic (exact) mass is 180 g/mol. The molecule has 1 aliphatic heterocycles. The summed E-state index contributed by atoms with van der Waals surface area (Å²) in [5, 5.41) is 0.184. The number of fused-ring (bicyclic) bond motifs is 3. The molecule has 0 radical (unpaired) electrons. The molecule has 0 amide bonds. The van der Waals surface area contributed by atoms with Gasteiger partial charge in [-0.25, -0.2) is 8.96 Å². The van der Waals surface area contributed by atoms with E-state index in [1.807, 2.05) is 6.07 Å². The molecule has 0 saturated carbocycles. The lowest BCUT2D eigenvalue weighted by Crippen LogP contribution is -1.85. The Hall–Kier alpha value is -1.36. The van der Waals surface area contributed by atoms with Gasteiger partial charge in [-0.05, 0) is 12.1 Å². The van der Waals surface area contributed by atoms with Crippen molar-refractivity contribution >= 4 is 21.1 Å². The molecule has 3 rings (SSSR count). The Kier molecular flexibility index (Phi) is 0.793. The van der Waals surface area contributed by atoms with E-state index >= 15 is 0 Å². The molecular formula is C7H4N2O2S. The topological polar surface area (TPSA) is 52.0 Å². The summed E-state index contributed by atoms with van der Waals surface area (Å²) in [6, 6.07) is 7.17. The molecule has 0 atom stereocenters. The molecule has 2 heterocycles. The summed E-state index contributed by atoms with van der Waals surface area (Å²) < 4.78 is 23.3. The van der Waals surface area contributed by atoms with Crippen LogP contribution in [-0.4, -0.2) is 17.4 Å². The van der Waals surface area contributed by atoms with E-state index in [2.05, 4.69) is 4.98 Å². The quantitative estimate of drug-likeness (QED) is 0.476. The second-order valence-electron chi connectivity index (χ2n) is 2.65. The molecule has 2 aromatic rings. The van der Waals surface area contributed by atoms with Crippen LogP contribution in [0.5, 0.6) is 0 Å². The number of para-hydroxylation sites is 2. The minimum Gasteiger partial charge on any atom is -0.216 e. The number of hydrogen-bond acceptors (Lipinski definition) is 3. The predicted octanol–water partition coefficient (Wildman–Crippen LogP) is 0.587. The Morgan fingerprint density at radius 1 is 1.25 bits per heavy atom. The fourth-order valence-electron chi connectivity index (χ4n) is 1.33. The summed E-state index contributed by atoms with van der Waals surface area (Å²) in [6.45, 7) is 0. The van der Waals surface area contributed by atoms with Crippen molar-refractivity contribution in [3.63, 3.8) is 0 Å². The maximum absolute atomic E-state index is 11.0. The van der Waals surface area contributed by atoms with Crippen LogP contribution in [0.4, 0.5) is 0 Å². The van der Waals surface area contributed by atoms with Crippen molar-refractivity contribution in [2.45, 2.75) is 5.16 Å². The third-order valence-corrected chi connectivity index (χ3v) is 3.34. The number of aromatic nitrogens is 2. The molecule has 0 spiro atoms. The molecule has 5 heteroatoms. The molecule has 0 fully saturated rings. The highest BCUT2D eigenvalue weighted by atomic mass is 32.2. The highest BCUT2D eigenvalue weighted by Gasteiger charge is 2.43. The average Bonchev–Trinajstić information content (AvgIpc) is 2.46. The van der Waals surface area contributed by atoms with Crippen LogP contribution in [-0.2, 0) is 10.0 Å². The molecule has 4 nitrogen and oxygen atoms in total. The third-order valence-electron chi connectivity index (χ3n) is 1.93. The molecule has 0 aliphatic carbocycles. The van der Waals surface area contributed by atoms with Gasteiger partial charge in [-0.15, -0.1) is 0 Å². The highest BCUT2D eigenvalue weighted by Crippen LogP contribution is 2.33. The summed E-state index contributed by atoms with van der Waals surface area (Å²) in [4.78, 5) is 3.93. The Labute approximate surface area is 68.5 Å². The predicted molar refractivity (Wildman–Crippen MR) is 42.3 cm³/mol. The number of hydrogen-bond donors (Lipinski definition) is 0. The molecule has 1 aromatic heterocycles. The molecule has 0 saturated heterocycles. The van der Waals surface area contributed by atoms with Crippen LogP contribution in [0, 0.1) is 0 Å². The van der Waals surface area contributed by atoms with Crippen LogP contribution in [0.1, 0.15) is 0 Å². The lowest BCUT2D eigenvalue weighted by Gasteiger charge is -1.86. The fraction of sp³-hybridized carbons (Fsp3) is 0. The molecule has 1 aromatic carbocycles. The summed E-state index contributed by atoms with van der Waals surface area (Å²) in [6.07, 6.45) is 0. The maximum Gasteiger partial charge on any atom is 0.305 e. The van der Waals surface area contributed by atoms with E-state index in [4.69, 9.17) is 0 Å². The highest BCUT2D eigenvalue weighted by molar-refractivity contribution is 7.95. The van der Waals surface area contributed by atoms with Gasteiger partial charge < -0.3 is 0 Å². The number of nitrogens with zero attached hydrogens (tertiary/aromatic N) is 2. The number of benzene rings is 1. The lowest BCUT2D eigenvalue weighted by molar-refractivity contribution is 0.608. The molecule has 0 bridgehead atoms. The first-order valence-corrected chi connectivity index (χ1v) is 4.88. The molecule has 0 N–H and O–H groups in total. The second-order valence-corrected chi connectivity index (χ2v) is 4.33. The molecule has 60 valence electrons. The van der Waals surface area contributed by atoms with E-state index in [1.54, 1.807) is 18.2 Å². The first-order chi connectivity index (χ1) is 5.71.